The van der Waals surface area contributed by atoms with E-state index in [0.717, 1.165) is 24.0 Å². The summed E-state index contributed by atoms with van der Waals surface area (Å²) in [5, 5.41) is 6.94. The van der Waals surface area contributed by atoms with Crippen molar-refractivity contribution in [1.29, 1.82) is 5.41 Å². The summed E-state index contributed by atoms with van der Waals surface area (Å²) in [5.74, 6) is 0.796. The Kier molecular flexibility index (Phi) is 4.40. The number of nitrogens with one attached hydrogen (secondary N) is 1. The molecule has 0 atom stereocenters. The lowest BCUT2D eigenvalue weighted by Crippen LogP contribution is -2.04. The molecule has 0 unspecified atom stereocenters. The lowest BCUT2D eigenvalue weighted by Gasteiger charge is -2.04. The number of hydrogen-bond donors (Lipinski definition) is 1. The Morgan fingerprint density at radius 1 is 1.50 bits per heavy atom. The van der Waals surface area contributed by atoms with Crippen LogP contribution in [0.25, 0.3) is 0 Å². The summed E-state index contributed by atoms with van der Waals surface area (Å²) in [4.78, 5) is 11.3. The second-order valence-corrected chi connectivity index (χ2v) is 3.89. The van der Waals surface area contributed by atoms with Gasteiger partial charge in [0.2, 0.25) is 5.78 Å². The van der Waals surface area contributed by atoms with Gasteiger partial charge in [-0.3, -0.25) is 4.79 Å². The first-order valence-electron chi connectivity index (χ1n) is 4.41. The van der Waals surface area contributed by atoms with E-state index in [2.05, 4.69) is 0 Å². The molecule has 74 valence electrons. The summed E-state index contributed by atoms with van der Waals surface area (Å²) in [6, 6.07) is 7.49. The van der Waals surface area contributed by atoms with Gasteiger partial charge in [0.15, 0.2) is 0 Å². The van der Waals surface area contributed by atoms with Crippen LogP contribution < -0.4 is 0 Å². The van der Waals surface area contributed by atoms with Gasteiger partial charge in [0.1, 0.15) is 0 Å². The van der Waals surface area contributed by atoms with E-state index in [-0.39, 0.29) is 5.78 Å². The minimum Gasteiger partial charge on any atom is -0.305 e. The molecule has 1 N–H and O–H groups in total. The van der Waals surface area contributed by atoms with Gasteiger partial charge in [-0.05, 0) is 24.0 Å². The van der Waals surface area contributed by atoms with Crippen LogP contribution in [0.5, 0.6) is 0 Å². The Morgan fingerprint density at radius 2 is 2.21 bits per heavy atom. The van der Waals surface area contributed by atoms with Crippen molar-refractivity contribution in [3.8, 4) is 0 Å². The van der Waals surface area contributed by atoms with Crippen LogP contribution in [0.2, 0.25) is 0 Å². The molecule has 0 aliphatic carbocycles. The van der Waals surface area contributed by atoms with Gasteiger partial charge in [0, 0.05) is 5.56 Å². The molecule has 2 nitrogen and oxygen atoms in total. The summed E-state index contributed by atoms with van der Waals surface area (Å²) in [6.07, 6.45) is 3.80. The number of aryl methyl sites for hydroxylation is 1. The molecular weight excluding hydrogens is 194 g/mol. The smallest absolute Gasteiger partial charge is 0.203 e. The zero-order valence-electron chi connectivity index (χ0n) is 8.12. The first-order chi connectivity index (χ1) is 6.79. The van der Waals surface area contributed by atoms with Crippen LogP contribution in [0.1, 0.15) is 15.9 Å². The summed E-state index contributed by atoms with van der Waals surface area (Å²) in [5.41, 5.74) is 1.70. The third kappa shape index (κ3) is 2.70. The number of rotatable bonds is 5. The van der Waals surface area contributed by atoms with Crippen molar-refractivity contribution >= 4 is 23.8 Å². The molecular formula is C11H13NOS. The van der Waals surface area contributed by atoms with Gasteiger partial charge in [-0.2, -0.15) is 11.8 Å². The summed E-state index contributed by atoms with van der Waals surface area (Å²) < 4.78 is 0. The quantitative estimate of drug-likeness (QED) is 0.595. The standard InChI is InChI=1S/C11H13NOS/c1-14-7-6-9-4-2-3-5-10(9)11(13)8-12/h2-5,8,12H,6-7H2,1H3. The van der Waals surface area contributed by atoms with E-state index in [0.29, 0.717) is 5.56 Å². The van der Waals surface area contributed by atoms with E-state index >= 15 is 0 Å². The fraction of sp³-hybridized carbons (Fsp3) is 0.273. The van der Waals surface area contributed by atoms with Gasteiger partial charge in [0.25, 0.3) is 0 Å². The van der Waals surface area contributed by atoms with Crippen LogP contribution in [-0.4, -0.2) is 24.0 Å². The van der Waals surface area contributed by atoms with E-state index in [9.17, 15) is 4.79 Å². The van der Waals surface area contributed by atoms with Crippen LogP contribution in [0.15, 0.2) is 24.3 Å². The van der Waals surface area contributed by atoms with Crippen molar-refractivity contribution in [3.05, 3.63) is 35.4 Å². The Hall–Kier alpha value is -1.09. The number of hydrogen-bond acceptors (Lipinski definition) is 3. The normalized spacial score (nSPS) is 9.79. The molecule has 1 aromatic carbocycles. The average molecular weight is 207 g/mol. The summed E-state index contributed by atoms with van der Waals surface area (Å²) in [7, 11) is 0. The van der Waals surface area contributed by atoms with Crippen molar-refractivity contribution in [1.82, 2.24) is 0 Å². The highest BCUT2D eigenvalue weighted by atomic mass is 32.2. The predicted molar refractivity (Wildman–Crippen MR) is 61.6 cm³/mol. The first kappa shape index (κ1) is 11.0. The molecule has 0 aliphatic rings. The van der Waals surface area contributed by atoms with Gasteiger partial charge in [-0.25, -0.2) is 0 Å². The van der Waals surface area contributed by atoms with Crippen molar-refractivity contribution in [2.45, 2.75) is 6.42 Å². The third-order valence-corrected chi connectivity index (χ3v) is 2.60. The Morgan fingerprint density at radius 3 is 2.86 bits per heavy atom. The lowest BCUT2D eigenvalue weighted by molar-refractivity contribution is 0.106. The monoisotopic (exact) mass is 207 g/mol. The molecule has 0 saturated carbocycles. The maximum Gasteiger partial charge on any atom is 0.203 e. The molecule has 0 aliphatic heterocycles. The molecule has 0 amide bonds. The number of carbonyl (C=O) groups is 1. The fourth-order valence-electron chi connectivity index (χ4n) is 1.27. The number of benzene rings is 1. The highest BCUT2D eigenvalue weighted by Gasteiger charge is 2.07. The van der Waals surface area contributed by atoms with Crippen LogP contribution in [0.4, 0.5) is 0 Å². The minimum atomic E-state index is -0.207. The van der Waals surface area contributed by atoms with Crippen LogP contribution in [0, 0.1) is 5.41 Å². The molecule has 0 bridgehead atoms. The van der Waals surface area contributed by atoms with Crippen LogP contribution >= 0.6 is 11.8 Å². The van der Waals surface area contributed by atoms with Crippen molar-refractivity contribution in [2.24, 2.45) is 0 Å². The number of Topliss-reactive ketones (excluding diaryl/α,β-unsaturated/α-hetero) is 1. The van der Waals surface area contributed by atoms with Crippen molar-refractivity contribution in [3.63, 3.8) is 0 Å². The molecule has 0 fully saturated rings. The first-order valence-corrected chi connectivity index (χ1v) is 5.80. The van der Waals surface area contributed by atoms with Crippen LogP contribution in [0.3, 0.4) is 0 Å². The average Bonchev–Trinajstić information content (AvgIpc) is 2.25. The van der Waals surface area contributed by atoms with Gasteiger partial charge in [-0.1, -0.05) is 24.3 Å². The molecule has 0 spiro atoms. The van der Waals surface area contributed by atoms with Crippen molar-refractivity contribution < 1.29 is 4.79 Å². The number of thioether (sulfide) groups is 1. The minimum absolute atomic E-state index is 0.207. The Labute approximate surface area is 88.2 Å². The molecule has 0 saturated heterocycles. The van der Waals surface area contributed by atoms with E-state index < -0.39 is 0 Å². The SMILES string of the molecule is CSCCc1ccccc1C(=O)C=N. The zero-order valence-corrected chi connectivity index (χ0v) is 8.93. The molecule has 1 aromatic rings. The second kappa shape index (κ2) is 5.60. The van der Waals surface area contributed by atoms with E-state index in [1.54, 1.807) is 17.8 Å². The maximum absolute atomic E-state index is 11.3. The van der Waals surface area contributed by atoms with E-state index in [4.69, 9.17) is 5.41 Å². The second-order valence-electron chi connectivity index (χ2n) is 2.91. The molecule has 1 rings (SSSR count). The summed E-state index contributed by atoms with van der Waals surface area (Å²) >= 11 is 1.76. The summed E-state index contributed by atoms with van der Waals surface area (Å²) in [6.45, 7) is 0. The number of ketones is 1. The highest BCUT2D eigenvalue weighted by molar-refractivity contribution is 7.98. The van der Waals surface area contributed by atoms with Gasteiger partial charge in [0.05, 0.1) is 6.21 Å². The predicted octanol–water partition coefficient (Wildman–Crippen LogP) is 2.42. The number of carbonyl (C=O) groups excluding carboxylic acids is 1. The highest BCUT2D eigenvalue weighted by Crippen LogP contribution is 2.11. The van der Waals surface area contributed by atoms with Gasteiger partial charge in [-0.15, -0.1) is 0 Å². The topological polar surface area (TPSA) is 40.9 Å². The molecule has 14 heavy (non-hydrogen) atoms. The van der Waals surface area contributed by atoms with Crippen molar-refractivity contribution in [2.75, 3.05) is 12.0 Å². The van der Waals surface area contributed by atoms with Gasteiger partial charge >= 0.3 is 0 Å². The molecule has 0 aromatic heterocycles. The Balaban J connectivity index is 2.90. The Bertz CT molecular complexity index is 336. The largest absolute Gasteiger partial charge is 0.305 e. The molecule has 3 heteroatoms. The van der Waals surface area contributed by atoms with E-state index in [1.165, 1.54) is 0 Å². The van der Waals surface area contributed by atoms with E-state index in [1.807, 2.05) is 24.5 Å². The lowest BCUT2D eigenvalue weighted by atomic mass is 10.0. The molecule has 0 heterocycles. The van der Waals surface area contributed by atoms with Crippen LogP contribution in [-0.2, 0) is 6.42 Å². The fourth-order valence-corrected chi connectivity index (χ4v) is 1.69. The third-order valence-electron chi connectivity index (χ3n) is 1.99. The zero-order chi connectivity index (χ0) is 10.4. The van der Waals surface area contributed by atoms with Gasteiger partial charge < -0.3 is 5.41 Å². The molecule has 0 radical (unpaired) electrons. The maximum atomic E-state index is 11.3.